The number of unbranched alkanes of at least 4 members (excludes halogenated alkanes) is 2. The minimum absolute atomic E-state index is 0.0183. The van der Waals surface area contributed by atoms with Gasteiger partial charge in [0.2, 0.25) is 11.8 Å². The van der Waals surface area contributed by atoms with Gasteiger partial charge in [-0.15, -0.1) is 0 Å². The Morgan fingerprint density at radius 3 is 1.23 bits per heavy atom. The lowest BCUT2D eigenvalue weighted by Crippen LogP contribution is -2.35. The molecule has 0 saturated carbocycles. The fourth-order valence-corrected chi connectivity index (χ4v) is 4.42. The van der Waals surface area contributed by atoms with Crippen LogP contribution in [0.1, 0.15) is 119 Å². The SMILES string of the molecule is CC(C)CCCC(C)CCCCN(C)C(=O)COCC(=O)N(C)CCCCC(C)CCCC(C)C. The van der Waals surface area contributed by atoms with Gasteiger partial charge < -0.3 is 14.5 Å². The van der Waals surface area contributed by atoms with Crippen LogP contribution in [-0.4, -0.2) is 62.0 Å². The van der Waals surface area contributed by atoms with Crippen LogP contribution in [0.25, 0.3) is 0 Å². The molecule has 0 spiro atoms. The van der Waals surface area contributed by atoms with Crippen molar-refractivity contribution in [3.8, 4) is 0 Å². The number of carbonyl (C=O) groups excluding carboxylic acids is 2. The summed E-state index contributed by atoms with van der Waals surface area (Å²) in [6, 6.07) is 0. The molecule has 5 nitrogen and oxygen atoms in total. The van der Waals surface area contributed by atoms with Crippen LogP contribution in [0.3, 0.4) is 0 Å². The van der Waals surface area contributed by atoms with Crippen LogP contribution in [-0.2, 0) is 14.3 Å². The van der Waals surface area contributed by atoms with Gasteiger partial charge in [0.05, 0.1) is 0 Å². The van der Waals surface area contributed by atoms with Crippen molar-refractivity contribution in [3.05, 3.63) is 0 Å². The standard InChI is InChI=1S/C30H60N2O3/c1-25(2)15-13-19-27(5)17-9-11-21-31(7)29(33)23-35-24-30(34)32(8)22-12-10-18-28(6)20-14-16-26(3)4/h25-28H,9-24H2,1-8H3. The number of likely N-dealkylation sites (N-methyl/N-ethyl adjacent to an activating group) is 2. The summed E-state index contributed by atoms with van der Waals surface area (Å²) >= 11 is 0. The minimum Gasteiger partial charge on any atom is -0.362 e. The molecule has 0 aliphatic heterocycles. The zero-order chi connectivity index (χ0) is 26.6. The molecule has 0 fully saturated rings. The van der Waals surface area contributed by atoms with Crippen LogP contribution in [0.4, 0.5) is 0 Å². The summed E-state index contributed by atoms with van der Waals surface area (Å²) in [5, 5.41) is 0. The van der Waals surface area contributed by atoms with Crippen molar-refractivity contribution in [3.63, 3.8) is 0 Å². The largest absolute Gasteiger partial charge is 0.362 e. The zero-order valence-corrected chi connectivity index (χ0v) is 24.7. The van der Waals surface area contributed by atoms with Gasteiger partial charge in [-0.05, 0) is 36.5 Å². The molecule has 0 aliphatic rings. The second kappa shape index (κ2) is 21.0. The van der Waals surface area contributed by atoms with Gasteiger partial charge in [-0.1, -0.05) is 106 Å². The summed E-state index contributed by atoms with van der Waals surface area (Å²) in [6.07, 6.45) is 14.7. The van der Waals surface area contributed by atoms with Crippen molar-refractivity contribution in [1.82, 2.24) is 9.80 Å². The molecule has 0 aliphatic carbocycles. The van der Waals surface area contributed by atoms with E-state index in [4.69, 9.17) is 4.74 Å². The number of rotatable bonds is 22. The predicted octanol–water partition coefficient (Wildman–Crippen LogP) is 7.19. The molecule has 0 radical (unpaired) electrons. The Labute approximate surface area is 218 Å². The fraction of sp³-hybridized carbons (Fsp3) is 0.933. The highest BCUT2D eigenvalue weighted by Gasteiger charge is 2.13. The number of ether oxygens (including phenoxy) is 1. The molecular formula is C30H60N2O3. The van der Waals surface area contributed by atoms with E-state index in [1.165, 1.54) is 51.4 Å². The van der Waals surface area contributed by atoms with Gasteiger partial charge in [0.25, 0.3) is 0 Å². The predicted molar refractivity (Wildman–Crippen MR) is 150 cm³/mol. The summed E-state index contributed by atoms with van der Waals surface area (Å²) < 4.78 is 5.43. The summed E-state index contributed by atoms with van der Waals surface area (Å²) in [4.78, 5) is 28.1. The molecule has 0 N–H and O–H groups in total. The average Bonchev–Trinajstić information content (AvgIpc) is 2.78. The lowest BCUT2D eigenvalue weighted by molar-refractivity contribution is -0.140. The second-order valence-corrected chi connectivity index (χ2v) is 12.0. The molecule has 0 aromatic rings. The van der Waals surface area contributed by atoms with Gasteiger partial charge in [0, 0.05) is 27.2 Å². The molecule has 2 atom stereocenters. The third-order valence-corrected chi connectivity index (χ3v) is 7.14. The quantitative estimate of drug-likeness (QED) is 0.149. The molecular weight excluding hydrogens is 436 g/mol. The molecule has 0 saturated heterocycles. The lowest BCUT2D eigenvalue weighted by Gasteiger charge is -2.20. The Hall–Kier alpha value is -1.10. The van der Waals surface area contributed by atoms with Crippen LogP contribution in [0.2, 0.25) is 0 Å². The number of carbonyl (C=O) groups is 2. The molecule has 0 aromatic carbocycles. The third kappa shape index (κ3) is 20.8. The van der Waals surface area contributed by atoms with Crippen molar-refractivity contribution < 1.29 is 14.3 Å². The van der Waals surface area contributed by atoms with E-state index in [0.29, 0.717) is 0 Å². The number of hydrogen-bond acceptors (Lipinski definition) is 3. The Bertz CT molecular complexity index is 490. The first kappa shape index (κ1) is 33.9. The smallest absolute Gasteiger partial charge is 0.248 e. The maximum Gasteiger partial charge on any atom is 0.248 e. The average molecular weight is 497 g/mol. The normalized spacial score (nSPS) is 13.3. The maximum absolute atomic E-state index is 12.3. The van der Waals surface area contributed by atoms with Crippen LogP contribution in [0.5, 0.6) is 0 Å². The first-order valence-electron chi connectivity index (χ1n) is 14.6. The Morgan fingerprint density at radius 1 is 0.543 bits per heavy atom. The van der Waals surface area contributed by atoms with Crippen molar-refractivity contribution in [1.29, 1.82) is 0 Å². The molecule has 2 amide bonds. The summed E-state index contributed by atoms with van der Waals surface area (Å²) in [7, 11) is 3.66. The highest BCUT2D eigenvalue weighted by Crippen LogP contribution is 2.18. The van der Waals surface area contributed by atoms with Gasteiger partial charge in [0.15, 0.2) is 0 Å². The third-order valence-electron chi connectivity index (χ3n) is 7.14. The molecule has 0 heterocycles. The zero-order valence-electron chi connectivity index (χ0n) is 24.7. The Kier molecular flexibility index (Phi) is 20.4. The van der Waals surface area contributed by atoms with Crippen LogP contribution in [0.15, 0.2) is 0 Å². The highest BCUT2D eigenvalue weighted by atomic mass is 16.5. The molecule has 0 bridgehead atoms. The van der Waals surface area contributed by atoms with Gasteiger partial charge in [-0.3, -0.25) is 9.59 Å². The van der Waals surface area contributed by atoms with Crippen molar-refractivity contribution >= 4 is 11.8 Å². The number of hydrogen-bond donors (Lipinski definition) is 0. The fourth-order valence-electron chi connectivity index (χ4n) is 4.42. The van der Waals surface area contributed by atoms with Gasteiger partial charge in [-0.25, -0.2) is 0 Å². The minimum atomic E-state index is -0.0445. The van der Waals surface area contributed by atoms with E-state index < -0.39 is 0 Å². The molecule has 0 rings (SSSR count). The number of nitrogens with zero attached hydrogens (tertiary/aromatic N) is 2. The molecule has 0 aromatic heterocycles. The molecule has 208 valence electrons. The monoisotopic (exact) mass is 496 g/mol. The van der Waals surface area contributed by atoms with E-state index in [0.717, 1.165) is 62.4 Å². The van der Waals surface area contributed by atoms with Crippen molar-refractivity contribution in [2.45, 2.75) is 119 Å². The van der Waals surface area contributed by atoms with Crippen molar-refractivity contribution in [2.24, 2.45) is 23.7 Å². The van der Waals surface area contributed by atoms with E-state index in [2.05, 4.69) is 41.5 Å². The van der Waals surface area contributed by atoms with Crippen molar-refractivity contribution in [2.75, 3.05) is 40.4 Å². The lowest BCUT2D eigenvalue weighted by atomic mass is 9.95. The van der Waals surface area contributed by atoms with Crippen LogP contribution >= 0.6 is 0 Å². The van der Waals surface area contributed by atoms with E-state index in [1.807, 2.05) is 14.1 Å². The summed E-state index contributed by atoms with van der Waals surface area (Å²) in [5.41, 5.74) is 0. The molecule has 2 unspecified atom stereocenters. The number of amides is 2. The Balaban J connectivity index is 3.81. The molecule has 5 heteroatoms. The van der Waals surface area contributed by atoms with E-state index >= 15 is 0 Å². The van der Waals surface area contributed by atoms with Gasteiger partial charge >= 0.3 is 0 Å². The van der Waals surface area contributed by atoms with E-state index in [-0.39, 0.29) is 25.0 Å². The highest BCUT2D eigenvalue weighted by molar-refractivity contribution is 5.79. The summed E-state index contributed by atoms with van der Waals surface area (Å²) in [5.74, 6) is 3.03. The van der Waals surface area contributed by atoms with E-state index in [1.54, 1.807) is 9.80 Å². The molecule has 35 heavy (non-hydrogen) atoms. The first-order chi connectivity index (χ1) is 16.5. The summed E-state index contributed by atoms with van der Waals surface area (Å²) in [6.45, 7) is 15.3. The van der Waals surface area contributed by atoms with Gasteiger partial charge in [-0.2, -0.15) is 0 Å². The van der Waals surface area contributed by atoms with Crippen LogP contribution < -0.4 is 0 Å². The van der Waals surface area contributed by atoms with Gasteiger partial charge in [0.1, 0.15) is 13.2 Å². The van der Waals surface area contributed by atoms with E-state index in [9.17, 15) is 9.59 Å². The second-order valence-electron chi connectivity index (χ2n) is 12.0. The maximum atomic E-state index is 12.3. The first-order valence-corrected chi connectivity index (χ1v) is 14.6. The van der Waals surface area contributed by atoms with Crippen LogP contribution in [0, 0.1) is 23.7 Å². The Morgan fingerprint density at radius 2 is 0.886 bits per heavy atom. The topological polar surface area (TPSA) is 49.9 Å².